The van der Waals surface area contributed by atoms with Crippen LogP contribution in [0.2, 0.25) is 0 Å². The van der Waals surface area contributed by atoms with E-state index in [0.717, 1.165) is 4.68 Å². The summed E-state index contributed by atoms with van der Waals surface area (Å²) in [6.07, 6.45) is 4.24. The molecular formula is C16H17N7O3. The number of anilines is 1. The molecular weight excluding hydrogens is 338 g/mol. The van der Waals surface area contributed by atoms with Gasteiger partial charge in [0, 0.05) is 17.3 Å². The number of aromatic nitrogens is 6. The lowest BCUT2D eigenvalue weighted by molar-refractivity contribution is -0.104. The van der Waals surface area contributed by atoms with Gasteiger partial charge in [-0.3, -0.25) is 4.79 Å². The topological polar surface area (TPSA) is 142 Å². The van der Waals surface area contributed by atoms with Crippen LogP contribution in [0.3, 0.4) is 0 Å². The van der Waals surface area contributed by atoms with E-state index in [1.165, 1.54) is 18.5 Å². The molecule has 0 aromatic carbocycles. The molecule has 3 heterocycles. The number of aromatic amines is 1. The number of ether oxygens (including phenoxy) is 1. The number of rotatable bonds is 3. The highest BCUT2D eigenvalue weighted by Gasteiger charge is 2.20. The van der Waals surface area contributed by atoms with Crippen molar-refractivity contribution in [3.05, 3.63) is 35.7 Å². The number of carbonyl (C=O) groups is 2. The molecule has 0 aliphatic rings. The second-order valence-corrected chi connectivity index (χ2v) is 6.47. The van der Waals surface area contributed by atoms with E-state index in [-0.39, 0.29) is 5.82 Å². The monoisotopic (exact) mass is 355 g/mol. The zero-order chi connectivity index (χ0) is 18.9. The van der Waals surface area contributed by atoms with E-state index in [2.05, 4.69) is 25.5 Å². The van der Waals surface area contributed by atoms with Crippen molar-refractivity contribution < 1.29 is 14.3 Å². The number of aldehydes is 1. The molecule has 134 valence electrons. The summed E-state index contributed by atoms with van der Waals surface area (Å²) in [6.45, 7) is 5.27. The minimum absolute atomic E-state index is 0.231. The van der Waals surface area contributed by atoms with Gasteiger partial charge in [-0.25, -0.2) is 14.9 Å². The van der Waals surface area contributed by atoms with Crippen LogP contribution in [-0.2, 0) is 9.53 Å². The molecule has 10 heteroatoms. The number of H-pyrrole nitrogens is 1. The lowest BCUT2D eigenvalue weighted by Crippen LogP contribution is -2.27. The minimum atomic E-state index is -0.656. The normalized spacial score (nSPS) is 12.3. The van der Waals surface area contributed by atoms with E-state index >= 15 is 0 Å². The summed E-state index contributed by atoms with van der Waals surface area (Å²) in [5.74, 6) is 0.231. The van der Waals surface area contributed by atoms with Crippen LogP contribution in [0.5, 0.6) is 0 Å². The van der Waals surface area contributed by atoms with Crippen LogP contribution in [-0.4, -0.2) is 48.2 Å². The Bertz CT molecular complexity index is 1010. The van der Waals surface area contributed by atoms with Gasteiger partial charge >= 0.3 is 6.09 Å². The van der Waals surface area contributed by atoms with Crippen LogP contribution in [0, 0.1) is 0 Å². The summed E-state index contributed by atoms with van der Waals surface area (Å²) < 4.78 is 6.33. The summed E-state index contributed by atoms with van der Waals surface area (Å²) in [4.78, 5) is 27.4. The Labute approximate surface area is 148 Å². The van der Waals surface area contributed by atoms with Gasteiger partial charge in [-0.1, -0.05) is 5.21 Å². The molecule has 0 atom stereocenters. The van der Waals surface area contributed by atoms with Crippen molar-refractivity contribution in [3.8, 4) is 0 Å². The predicted molar refractivity (Wildman–Crippen MR) is 93.1 cm³/mol. The zero-order valence-electron chi connectivity index (χ0n) is 14.4. The Hall–Kier alpha value is -3.56. The molecule has 3 rings (SSSR count). The molecule has 0 amide bonds. The van der Waals surface area contributed by atoms with E-state index in [9.17, 15) is 9.59 Å². The molecule has 0 unspecified atom stereocenters. The number of hydrogen-bond acceptors (Lipinski definition) is 8. The SMILES string of the molecule is CC(C)(C)OC(=O)n1cc(/C(=C\C=O)c2cc(N)nc3[nH]nnc23)cn1. The fraction of sp³-hybridized carbons (Fsp3) is 0.250. The van der Waals surface area contributed by atoms with Gasteiger partial charge in [0.15, 0.2) is 5.65 Å². The van der Waals surface area contributed by atoms with Crippen LogP contribution in [0.15, 0.2) is 24.5 Å². The molecule has 0 aliphatic heterocycles. The molecule has 0 saturated carbocycles. The number of allylic oxidation sites excluding steroid dienone is 1. The summed E-state index contributed by atoms with van der Waals surface area (Å²) in [5, 5.41) is 14.3. The van der Waals surface area contributed by atoms with Crippen molar-refractivity contribution in [1.29, 1.82) is 0 Å². The van der Waals surface area contributed by atoms with Gasteiger partial charge in [-0.05, 0) is 38.5 Å². The van der Waals surface area contributed by atoms with E-state index in [1.54, 1.807) is 26.8 Å². The second-order valence-electron chi connectivity index (χ2n) is 6.47. The lowest BCUT2D eigenvalue weighted by atomic mass is 10.0. The van der Waals surface area contributed by atoms with Crippen molar-refractivity contribution in [2.24, 2.45) is 0 Å². The molecule has 3 aromatic heterocycles. The number of carbonyl (C=O) groups excluding carboxylic acids is 2. The smallest absolute Gasteiger partial charge is 0.435 e. The molecule has 0 aliphatic carbocycles. The Balaban J connectivity index is 2.05. The lowest BCUT2D eigenvalue weighted by Gasteiger charge is -2.18. The molecule has 3 N–H and O–H groups in total. The van der Waals surface area contributed by atoms with Crippen LogP contribution in [0.25, 0.3) is 16.7 Å². The fourth-order valence-corrected chi connectivity index (χ4v) is 2.34. The predicted octanol–water partition coefficient (Wildman–Crippen LogP) is 1.55. The standard InChI is InChI=1S/C16H17N7O3/c1-16(2,3)26-15(25)23-8-9(7-18-23)10(4-5-24)11-6-12(17)19-14-13(11)20-22-21-14/h4-8H,1-3H3,(H3,17,19,20,21,22)/b10-4+. The largest absolute Gasteiger partial charge is 0.442 e. The Morgan fingerprint density at radius 2 is 2.15 bits per heavy atom. The molecule has 0 fully saturated rings. The highest BCUT2D eigenvalue weighted by atomic mass is 16.6. The number of nitrogens with two attached hydrogens (primary N) is 1. The third-order valence-electron chi connectivity index (χ3n) is 3.32. The van der Waals surface area contributed by atoms with E-state index in [1.807, 2.05) is 0 Å². The summed E-state index contributed by atoms with van der Waals surface area (Å²) >= 11 is 0. The van der Waals surface area contributed by atoms with Crippen LogP contribution in [0.4, 0.5) is 10.6 Å². The summed E-state index contributed by atoms with van der Waals surface area (Å²) in [5.41, 5.74) is 7.52. The van der Waals surface area contributed by atoms with Crippen LogP contribution >= 0.6 is 0 Å². The molecule has 26 heavy (non-hydrogen) atoms. The Kier molecular flexibility index (Phi) is 4.24. The summed E-state index contributed by atoms with van der Waals surface area (Å²) in [7, 11) is 0. The first-order chi connectivity index (χ1) is 12.3. The van der Waals surface area contributed by atoms with Crippen LogP contribution < -0.4 is 5.73 Å². The number of fused-ring (bicyclic) bond motifs is 1. The zero-order valence-corrected chi connectivity index (χ0v) is 14.4. The van der Waals surface area contributed by atoms with Gasteiger partial charge in [0.1, 0.15) is 23.2 Å². The first-order valence-electron chi connectivity index (χ1n) is 7.70. The molecule has 0 bridgehead atoms. The van der Waals surface area contributed by atoms with Crippen molar-refractivity contribution in [2.75, 3.05) is 5.73 Å². The highest BCUT2D eigenvalue weighted by molar-refractivity contribution is 5.98. The Morgan fingerprint density at radius 1 is 1.38 bits per heavy atom. The molecule has 10 nitrogen and oxygen atoms in total. The van der Waals surface area contributed by atoms with Gasteiger partial charge in [-0.2, -0.15) is 9.78 Å². The first kappa shape index (κ1) is 17.3. The van der Waals surface area contributed by atoms with E-state index in [4.69, 9.17) is 10.5 Å². The first-order valence-corrected chi connectivity index (χ1v) is 7.70. The van der Waals surface area contributed by atoms with Gasteiger partial charge in [0.2, 0.25) is 0 Å². The average molecular weight is 355 g/mol. The second kappa shape index (κ2) is 6.39. The maximum absolute atomic E-state index is 12.1. The van der Waals surface area contributed by atoms with Crippen molar-refractivity contribution in [3.63, 3.8) is 0 Å². The molecule has 0 radical (unpaired) electrons. The molecule has 0 saturated heterocycles. The Morgan fingerprint density at radius 3 is 2.85 bits per heavy atom. The van der Waals surface area contributed by atoms with Crippen molar-refractivity contribution >= 4 is 34.9 Å². The third-order valence-corrected chi connectivity index (χ3v) is 3.32. The number of nitrogens with one attached hydrogen (secondary N) is 1. The summed E-state index contributed by atoms with van der Waals surface area (Å²) in [6, 6.07) is 1.57. The maximum atomic E-state index is 12.1. The van der Waals surface area contributed by atoms with Crippen molar-refractivity contribution in [2.45, 2.75) is 26.4 Å². The van der Waals surface area contributed by atoms with Crippen molar-refractivity contribution in [1.82, 2.24) is 30.2 Å². The van der Waals surface area contributed by atoms with E-state index in [0.29, 0.717) is 34.2 Å². The van der Waals surface area contributed by atoms with Gasteiger partial charge in [-0.15, -0.1) is 5.10 Å². The average Bonchev–Trinajstić information content (AvgIpc) is 3.19. The van der Waals surface area contributed by atoms with Gasteiger partial charge < -0.3 is 10.5 Å². The number of pyridine rings is 1. The minimum Gasteiger partial charge on any atom is -0.442 e. The maximum Gasteiger partial charge on any atom is 0.435 e. The number of nitrogen functional groups attached to an aromatic ring is 1. The number of hydrogen-bond donors (Lipinski definition) is 2. The molecule has 3 aromatic rings. The van der Waals surface area contributed by atoms with Gasteiger partial charge in [0.25, 0.3) is 0 Å². The fourth-order valence-electron chi connectivity index (χ4n) is 2.34. The van der Waals surface area contributed by atoms with E-state index < -0.39 is 11.7 Å². The highest BCUT2D eigenvalue weighted by Crippen LogP contribution is 2.28. The van der Waals surface area contributed by atoms with Crippen LogP contribution in [0.1, 0.15) is 31.9 Å². The third kappa shape index (κ3) is 3.43. The number of nitrogens with zero attached hydrogens (tertiary/aromatic N) is 5. The molecule has 0 spiro atoms. The van der Waals surface area contributed by atoms with Gasteiger partial charge in [0.05, 0.1) is 6.20 Å². The quantitative estimate of drug-likeness (QED) is 0.532.